The number of imide groups is 1. The molecule has 0 spiro atoms. The molecule has 0 bridgehead atoms. The van der Waals surface area contributed by atoms with E-state index in [2.05, 4.69) is 0 Å². The first-order chi connectivity index (χ1) is 15.2. The van der Waals surface area contributed by atoms with Gasteiger partial charge in [0.2, 0.25) is 5.91 Å². The van der Waals surface area contributed by atoms with Crippen molar-refractivity contribution in [2.75, 3.05) is 5.06 Å². The molecule has 0 N–H and O–H groups in total. The van der Waals surface area contributed by atoms with Gasteiger partial charge in [0.15, 0.2) is 6.10 Å². The van der Waals surface area contributed by atoms with Gasteiger partial charge < -0.3 is 0 Å². The van der Waals surface area contributed by atoms with Gasteiger partial charge >= 0.3 is 0 Å². The molecule has 2 aliphatic rings. The van der Waals surface area contributed by atoms with Crippen LogP contribution in [0.25, 0.3) is 6.08 Å². The van der Waals surface area contributed by atoms with Crippen LogP contribution in [0.4, 0.5) is 5.69 Å². The molecule has 0 saturated carbocycles. The molecule has 0 unspecified atom stereocenters. The summed E-state index contributed by atoms with van der Waals surface area (Å²) in [6.45, 7) is 0.259. The van der Waals surface area contributed by atoms with Gasteiger partial charge in [-0.3, -0.25) is 19.3 Å². The SMILES string of the molecule is O=C1[C@@H]2[C@H](ON(c3ccccc3)[C@H]2/C=C/c2ccccc2)C(=O)N1Cc1ccccc1. The molecule has 2 amide bonds. The van der Waals surface area contributed by atoms with Crippen LogP contribution in [0, 0.1) is 5.92 Å². The van der Waals surface area contributed by atoms with Gasteiger partial charge in [-0.15, -0.1) is 0 Å². The maximum atomic E-state index is 13.4. The third kappa shape index (κ3) is 3.64. The van der Waals surface area contributed by atoms with E-state index >= 15 is 0 Å². The summed E-state index contributed by atoms with van der Waals surface area (Å²) >= 11 is 0. The second-order valence-electron chi connectivity index (χ2n) is 7.72. The van der Waals surface area contributed by atoms with E-state index in [9.17, 15) is 9.59 Å². The van der Waals surface area contributed by atoms with Crippen molar-refractivity contribution in [2.24, 2.45) is 5.92 Å². The van der Waals surface area contributed by atoms with Crippen molar-refractivity contribution in [1.82, 2.24) is 4.90 Å². The summed E-state index contributed by atoms with van der Waals surface area (Å²) < 4.78 is 0. The second-order valence-corrected chi connectivity index (χ2v) is 7.72. The predicted molar refractivity (Wildman–Crippen MR) is 119 cm³/mol. The lowest BCUT2D eigenvalue weighted by molar-refractivity contribution is -0.143. The standard InChI is InChI=1S/C26H22N2O3/c29-25-23-22(17-16-19-10-4-1-5-11-19)28(21-14-8-3-9-15-21)31-24(23)26(30)27(25)18-20-12-6-2-7-13-20/h1-17,22-24H,18H2/b17-16+/t22-,23-,24-/m0/s1. The molecule has 2 heterocycles. The molecule has 154 valence electrons. The van der Waals surface area contributed by atoms with Crippen molar-refractivity contribution in [2.45, 2.75) is 18.7 Å². The number of carbonyl (C=O) groups is 2. The zero-order valence-corrected chi connectivity index (χ0v) is 16.9. The number of nitrogens with zero attached hydrogens (tertiary/aromatic N) is 2. The van der Waals surface area contributed by atoms with Crippen LogP contribution in [-0.2, 0) is 21.0 Å². The van der Waals surface area contributed by atoms with E-state index < -0.39 is 12.0 Å². The molecule has 2 saturated heterocycles. The van der Waals surface area contributed by atoms with Crippen molar-refractivity contribution in [3.05, 3.63) is 108 Å². The van der Waals surface area contributed by atoms with Crippen LogP contribution in [0.1, 0.15) is 11.1 Å². The maximum Gasteiger partial charge on any atom is 0.262 e. The highest BCUT2D eigenvalue weighted by atomic mass is 16.7. The van der Waals surface area contributed by atoms with Crippen molar-refractivity contribution >= 4 is 23.6 Å². The Kier molecular flexibility index (Phi) is 5.10. The first kappa shape index (κ1) is 19.3. The zero-order chi connectivity index (χ0) is 21.2. The number of rotatable bonds is 5. The molecule has 31 heavy (non-hydrogen) atoms. The van der Waals surface area contributed by atoms with Crippen LogP contribution < -0.4 is 5.06 Å². The Morgan fingerprint density at radius 2 is 1.39 bits per heavy atom. The number of amides is 2. The van der Waals surface area contributed by atoms with Crippen molar-refractivity contribution in [3.8, 4) is 0 Å². The van der Waals surface area contributed by atoms with E-state index in [-0.39, 0.29) is 24.4 Å². The van der Waals surface area contributed by atoms with Crippen LogP contribution in [0.2, 0.25) is 0 Å². The number of hydrogen-bond donors (Lipinski definition) is 0. The fraction of sp³-hybridized carbons (Fsp3) is 0.154. The van der Waals surface area contributed by atoms with Crippen LogP contribution in [-0.4, -0.2) is 28.9 Å². The minimum absolute atomic E-state index is 0.194. The predicted octanol–water partition coefficient (Wildman–Crippen LogP) is 4.07. The third-order valence-electron chi connectivity index (χ3n) is 5.73. The number of hydrogen-bond acceptors (Lipinski definition) is 4. The first-order valence-electron chi connectivity index (χ1n) is 10.4. The van der Waals surface area contributed by atoms with Crippen molar-refractivity contribution in [3.63, 3.8) is 0 Å². The Hall–Kier alpha value is -3.70. The number of carbonyl (C=O) groups excluding carboxylic acids is 2. The van der Waals surface area contributed by atoms with Crippen LogP contribution >= 0.6 is 0 Å². The van der Waals surface area contributed by atoms with E-state index in [0.717, 1.165) is 16.8 Å². The summed E-state index contributed by atoms with van der Waals surface area (Å²) in [4.78, 5) is 33.9. The van der Waals surface area contributed by atoms with E-state index in [1.54, 1.807) is 5.06 Å². The Bertz CT molecular complexity index is 1100. The van der Waals surface area contributed by atoms with E-state index in [1.165, 1.54) is 4.90 Å². The average Bonchev–Trinajstić information content (AvgIpc) is 3.31. The Morgan fingerprint density at radius 1 is 0.774 bits per heavy atom. The molecule has 5 heteroatoms. The molecule has 0 aromatic heterocycles. The van der Waals surface area contributed by atoms with Crippen LogP contribution in [0.15, 0.2) is 97.1 Å². The Balaban J connectivity index is 1.47. The summed E-state index contributed by atoms with van der Waals surface area (Å²) in [5, 5.41) is 1.70. The largest absolute Gasteiger partial charge is 0.275 e. The number of benzene rings is 3. The highest BCUT2D eigenvalue weighted by Crippen LogP contribution is 2.39. The lowest BCUT2D eigenvalue weighted by atomic mass is 9.95. The van der Waals surface area contributed by atoms with Crippen molar-refractivity contribution < 1.29 is 14.4 Å². The lowest BCUT2D eigenvalue weighted by Crippen LogP contribution is -2.39. The third-order valence-corrected chi connectivity index (χ3v) is 5.73. The van der Waals surface area contributed by atoms with Gasteiger partial charge in [-0.05, 0) is 23.3 Å². The van der Waals surface area contributed by atoms with Gasteiger partial charge in [0.25, 0.3) is 5.91 Å². The molecular formula is C26H22N2O3. The highest BCUT2D eigenvalue weighted by molar-refractivity contribution is 6.07. The fourth-order valence-electron chi connectivity index (χ4n) is 4.20. The van der Waals surface area contributed by atoms with Crippen LogP contribution in [0.3, 0.4) is 0 Å². The van der Waals surface area contributed by atoms with Gasteiger partial charge in [-0.25, -0.2) is 5.06 Å². The van der Waals surface area contributed by atoms with Gasteiger partial charge in [-0.2, -0.15) is 0 Å². The molecule has 5 rings (SSSR count). The number of anilines is 1. The number of hydroxylamine groups is 1. The first-order valence-corrected chi connectivity index (χ1v) is 10.4. The summed E-state index contributed by atoms with van der Waals surface area (Å²) in [6, 6.07) is 28.6. The van der Waals surface area contributed by atoms with Crippen molar-refractivity contribution in [1.29, 1.82) is 0 Å². The fourth-order valence-corrected chi connectivity index (χ4v) is 4.20. The number of para-hydroxylation sites is 1. The molecule has 3 aromatic rings. The molecule has 3 aromatic carbocycles. The molecule has 0 radical (unpaired) electrons. The number of fused-ring (bicyclic) bond motifs is 1. The Labute approximate surface area is 181 Å². The summed E-state index contributed by atoms with van der Waals surface area (Å²) in [5.41, 5.74) is 2.76. The second kappa shape index (κ2) is 8.20. The molecule has 5 nitrogen and oxygen atoms in total. The van der Waals surface area contributed by atoms with E-state index in [1.807, 2.05) is 103 Å². The number of likely N-dealkylation sites (tertiary alicyclic amines) is 1. The quantitative estimate of drug-likeness (QED) is 0.595. The average molecular weight is 410 g/mol. The summed E-state index contributed by atoms with van der Waals surface area (Å²) in [5.74, 6) is -1.06. The minimum Gasteiger partial charge on any atom is -0.275 e. The van der Waals surface area contributed by atoms with Gasteiger partial charge in [0.05, 0.1) is 18.3 Å². The lowest BCUT2D eigenvalue weighted by Gasteiger charge is -2.26. The maximum absolute atomic E-state index is 13.4. The van der Waals surface area contributed by atoms with E-state index in [0.29, 0.717) is 0 Å². The zero-order valence-electron chi connectivity index (χ0n) is 16.9. The highest BCUT2D eigenvalue weighted by Gasteiger charge is 2.58. The molecule has 0 aliphatic carbocycles. The Morgan fingerprint density at radius 3 is 2.06 bits per heavy atom. The van der Waals surface area contributed by atoms with E-state index in [4.69, 9.17) is 4.84 Å². The van der Waals surface area contributed by atoms with Gasteiger partial charge in [0.1, 0.15) is 5.92 Å². The van der Waals surface area contributed by atoms with Gasteiger partial charge in [0, 0.05) is 0 Å². The normalized spacial score (nSPS) is 23.0. The molecule has 3 atom stereocenters. The molecule has 2 fully saturated rings. The van der Waals surface area contributed by atoms with Crippen LogP contribution in [0.5, 0.6) is 0 Å². The smallest absolute Gasteiger partial charge is 0.262 e. The van der Waals surface area contributed by atoms with Gasteiger partial charge in [-0.1, -0.05) is 91.0 Å². The minimum atomic E-state index is -0.818. The topological polar surface area (TPSA) is 49.9 Å². The summed E-state index contributed by atoms with van der Waals surface area (Å²) in [6.07, 6.45) is 3.12. The molecule has 2 aliphatic heterocycles. The summed E-state index contributed by atoms with van der Waals surface area (Å²) in [7, 11) is 0. The molecular weight excluding hydrogens is 388 g/mol. The monoisotopic (exact) mass is 410 g/mol.